The van der Waals surface area contributed by atoms with E-state index in [2.05, 4.69) is 11.4 Å². The van der Waals surface area contributed by atoms with Gasteiger partial charge in [0, 0.05) is 25.4 Å². The zero-order valence-electron chi connectivity index (χ0n) is 12.4. The fourth-order valence-electron chi connectivity index (χ4n) is 2.16. The fourth-order valence-corrected chi connectivity index (χ4v) is 2.16. The van der Waals surface area contributed by atoms with Gasteiger partial charge in [-0.05, 0) is 37.6 Å². The van der Waals surface area contributed by atoms with Gasteiger partial charge in [0.15, 0.2) is 0 Å². The maximum Gasteiger partial charge on any atom is 0.145 e. The molecule has 0 atom stereocenters. The normalized spacial score (nSPS) is 10.2. The van der Waals surface area contributed by atoms with Crippen LogP contribution in [-0.2, 0) is 13.6 Å². The van der Waals surface area contributed by atoms with Crippen LogP contribution in [0.4, 0.5) is 10.1 Å². The lowest BCUT2D eigenvalue weighted by molar-refractivity contribution is 0.340. The Morgan fingerprint density at radius 2 is 2.14 bits per heavy atom. The van der Waals surface area contributed by atoms with Crippen LogP contribution in [0, 0.1) is 24.1 Å². The van der Waals surface area contributed by atoms with E-state index in [-0.39, 0.29) is 5.82 Å². The van der Waals surface area contributed by atoms with E-state index in [0.717, 1.165) is 16.9 Å². The maximum absolute atomic E-state index is 13.3. The summed E-state index contributed by atoms with van der Waals surface area (Å²) in [6.45, 7) is 4.84. The molecule has 0 amide bonds. The fraction of sp³-hybridized carbons (Fsp3) is 0.312. The van der Waals surface area contributed by atoms with Crippen molar-refractivity contribution in [1.82, 2.24) is 4.57 Å². The van der Waals surface area contributed by atoms with Crippen molar-refractivity contribution >= 4 is 5.69 Å². The number of nitriles is 1. The third-order valence-electron chi connectivity index (χ3n) is 3.47. The molecular weight excluding hydrogens is 269 g/mol. The standard InChI is InChI=1S/C16H18FN3O/c1-4-21-16-8-13(17)5-6-15(16)19-10-12-7-14(9-18)20(3)11(12)2/h5-8,19H,4,10H2,1-3H3. The molecule has 5 heteroatoms. The number of rotatable bonds is 5. The SMILES string of the molecule is CCOc1cc(F)ccc1NCc1cc(C#N)n(C)c1C. The van der Waals surface area contributed by atoms with Crippen LogP contribution in [0.1, 0.15) is 23.9 Å². The molecule has 1 aromatic carbocycles. The summed E-state index contributed by atoms with van der Waals surface area (Å²) < 4.78 is 20.5. The van der Waals surface area contributed by atoms with Gasteiger partial charge in [-0.3, -0.25) is 0 Å². The number of ether oxygens (including phenoxy) is 1. The van der Waals surface area contributed by atoms with Gasteiger partial charge in [-0.1, -0.05) is 0 Å². The molecule has 0 bridgehead atoms. The number of nitrogens with zero attached hydrogens (tertiary/aromatic N) is 2. The van der Waals surface area contributed by atoms with Crippen LogP contribution in [0.3, 0.4) is 0 Å². The Kier molecular flexibility index (Phi) is 4.49. The highest BCUT2D eigenvalue weighted by Gasteiger charge is 2.10. The number of anilines is 1. The molecule has 1 aromatic heterocycles. The van der Waals surface area contributed by atoms with Gasteiger partial charge >= 0.3 is 0 Å². The number of nitrogens with one attached hydrogen (secondary N) is 1. The van der Waals surface area contributed by atoms with Crippen LogP contribution in [0.25, 0.3) is 0 Å². The van der Waals surface area contributed by atoms with E-state index in [9.17, 15) is 4.39 Å². The van der Waals surface area contributed by atoms with Crippen molar-refractivity contribution in [2.24, 2.45) is 7.05 Å². The minimum atomic E-state index is -0.327. The predicted molar refractivity (Wildman–Crippen MR) is 79.8 cm³/mol. The predicted octanol–water partition coefficient (Wildman–Crippen LogP) is 3.36. The molecule has 0 saturated carbocycles. The smallest absolute Gasteiger partial charge is 0.145 e. The first kappa shape index (κ1) is 14.9. The molecule has 0 aliphatic rings. The summed E-state index contributed by atoms with van der Waals surface area (Å²) in [5.74, 6) is 0.165. The number of benzene rings is 1. The van der Waals surface area contributed by atoms with Gasteiger partial charge in [-0.25, -0.2) is 4.39 Å². The molecule has 0 fully saturated rings. The summed E-state index contributed by atoms with van der Waals surface area (Å²) in [6.07, 6.45) is 0. The average Bonchev–Trinajstić information content (AvgIpc) is 2.74. The lowest BCUT2D eigenvalue weighted by Gasteiger charge is -2.12. The Balaban J connectivity index is 2.19. The molecule has 2 aromatic rings. The second-order valence-electron chi connectivity index (χ2n) is 4.74. The van der Waals surface area contributed by atoms with E-state index in [0.29, 0.717) is 24.6 Å². The van der Waals surface area contributed by atoms with Crippen LogP contribution in [0.2, 0.25) is 0 Å². The highest BCUT2D eigenvalue weighted by Crippen LogP contribution is 2.26. The van der Waals surface area contributed by atoms with Crippen LogP contribution >= 0.6 is 0 Å². The summed E-state index contributed by atoms with van der Waals surface area (Å²) in [4.78, 5) is 0. The number of hydrogen-bond acceptors (Lipinski definition) is 3. The van der Waals surface area contributed by atoms with Crippen molar-refractivity contribution in [3.05, 3.63) is 47.0 Å². The summed E-state index contributed by atoms with van der Waals surface area (Å²) in [5, 5.41) is 12.3. The second kappa shape index (κ2) is 6.31. The Morgan fingerprint density at radius 3 is 2.76 bits per heavy atom. The van der Waals surface area contributed by atoms with Crippen molar-refractivity contribution in [3.63, 3.8) is 0 Å². The first-order chi connectivity index (χ1) is 10.1. The molecule has 4 nitrogen and oxygen atoms in total. The molecule has 0 radical (unpaired) electrons. The molecule has 2 rings (SSSR count). The average molecular weight is 287 g/mol. The van der Waals surface area contributed by atoms with E-state index in [1.54, 1.807) is 6.07 Å². The van der Waals surface area contributed by atoms with Gasteiger partial charge in [0.25, 0.3) is 0 Å². The first-order valence-corrected chi connectivity index (χ1v) is 6.78. The topological polar surface area (TPSA) is 50.0 Å². The van der Waals surface area contributed by atoms with Gasteiger partial charge in [0.1, 0.15) is 23.3 Å². The van der Waals surface area contributed by atoms with Gasteiger partial charge in [0.05, 0.1) is 12.3 Å². The molecule has 1 heterocycles. The first-order valence-electron chi connectivity index (χ1n) is 6.78. The summed E-state index contributed by atoms with van der Waals surface area (Å²) in [6, 6.07) is 8.42. The monoisotopic (exact) mass is 287 g/mol. The zero-order valence-corrected chi connectivity index (χ0v) is 12.4. The number of halogens is 1. The number of hydrogen-bond donors (Lipinski definition) is 1. The van der Waals surface area contributed by atoms with Crippen LogP contribution in [0.5, 0.6) is 5.75 Å². The molecule has 21 heavy (non-hydrogen) atoms. The summed E-state index contributed by atoms with van der Waals surface area (Å²) >= 11 is 0. The van der Waals surface area contributed by atoms with E-state index in [1.165, 1.54) is 12.1 Å². The van der Waals surface area contributed by atoms with Gasteiger partial charge in [-0.15, -0.1) is 0 Å². The van der Waals surface area contributed by atoms with Crippen molar-refractivity contribution < 1.29 is 9.13 Å². The number of aromatic nitrogens is 1. The quantitative estimate of drug-likeness (QED) is 0.917. The van der Waals surface area contributed by atoms with Gasteiger partial charge in [0.2, 0.25) is 0 Å². The lowest BCUT2D eigenvalue weighted by atomic mass is 10.2. The second-order valence-corrected chi connectivity index (χ2v) is 4.74. The Bertz CT molecular complexity index is 686. The minimum absolute atomic E-state index is 0.327. The Morgan fingerprint density at radius 1 is 1.38 bits per heavy atom. The maximum atomic E-state index is 13.3. The molecule has 0 aliphatic carbocycles. The third kappa shape index (κ3) is 3.16. The molecule has 0 unspecified atom stereocenters. The van der Waals surface area contributed by atoms with Crippen molar-refractivity contribution in [1.29, 1.82) is 5.26 Å². The van der Waals surface area contributed by atoms with E-state index < -0.39 is 0 Å². The van der Waals surface area contributed by atoms with Crippen molar-refractivity contribution in [2.75, 3.05) is 11.9 Å². The largest absolute Gasteiger partial charge is 0.492 e. The lowest BCUT2D eigenvalue weighted by Crippen LogP contribution is -2.04. The highest BCUT2D eigenvalue weighted by molar-refractivity contribution is 5.57. The Labute approximate surface area is 123 Å². The molecule has 0 spiro atoms. The molecular formula is C16H18FN3O. The zero-order chi connectivity index (χ0) is 15.4. The van der Waals surface area contributed by atoms with Gasteiger partial charge < -0.3 is 14.6 Å². The molecule has 110 valence electrons. The highest BCUT2D eigenvalue weighted by atomic mass is 19.1. The molecule has 0 saturated heterocycles. The van der Waals surface area contributed by atoms with Crippen LogP contribution in [-0.4, -0.2) is 11.2 Å². The third-order valence-corrected chi connectivity index (χ3v) is 3.47. The minimum Gasteiger partial charge on any atom is -0.492 e. The Hall–Kier alpha value is -2.48. The van der Waals surface area contributed by atoms with E-state index in [4.69, 9.17) is 10.00 Å². The van der Waals surface area contributed by atoms with E-state index in [1.807, 2.05) is 31.5 Å². The van der Waals surface area contributed by atoms with Gasteiger partial charge in [-0.2, -0.15) is 5.26 Å². The van der Waals surface area contributed by atoms with Crippen LogP contribution in [0.15, 0.2) is 24.3 Å². The van der Waals surface area contributed by atoms with E-state index >= 15 is 0 Å². The van der Waals surface area contributed by atoms with Crippen LogP contribution < -0.4 is 10.1 Å². The van der Waals surface area contributed by atoms with Crippen molar-refractivity contribution in [3.8, 4) is 11.8 Å². The molecule has 0 aliphatic heterocycles. The van der Waals surface area contributed by atoms with Crippen molar-refractivity contribution in [2.45, 2.75) is 20.4 Å². The molecule has 1 N–H and O–H groups in total. The summed E-state index contributed by atoms with van der Waals surface area (Å²) in [5.41, 5.74) is 3.41. The summed E-state index contributed by atoms with van der Waals surface area (Å²) in [7, 11) is 1.86.